The second-order valence-corrected chi connectivity index (χ2v) is 8.19. The molecule has 152 valence electrons. The fraction of sp³-hybridized carbons (Fsp3) is 1.00. The number of hydrogen-bond acceptors (Lipinski definition) is 1. The lowest BCUT2D eigenvalue weighted by Gasteiger charge is -2.28. The van der Waals surface area contributed by atoms with Crippen molar-refractivity contribution in [1.82, 2.24) is 0 Å². The molecule has 0 saturated heterocycles. The van der Waals surface area contributed by atoms with Crippen molar-refractivity contribution in [3.63, 3.8) is 0 Å². The van der Waals surface area contributed by atoms with E-state index < -0.39 is 0 Å². The summed E-state index contributed by atoms with van der Waals surface area (Å²) in [6.45, 7) is 4.55. The zero-order valence-corrected chi connectivity index (χ0v) is 17.9. The standard InChI is InChI=1S/C23H49NO/c1-4-6-8-10-12-14-16-18-20-22-23(24(3)25)21-19-17-15-13-11-9-7-5-2/h23-24H,4-22H2,1-3H3. The highest BCUT2D eigenvalue weighted by atomic mass is 16.5. The molecule has 0 bridgehead atoms. The normalized spacial score (nSPS) is 13.9. The molecule has 0 radical (unpaired) electrons. The largest absolute Gasteiger partial charge is 0.634 e. The smallest absolute Gasteiger partial charge is 0.0869 e. The van der Waals surface area contributed by atoms with Gasteiger partial charge in [0.25, 0.3) is 0 Å². The van der Waals surface area contributed by atoms with Crippen LogP contribution in [0.3, 0.4) is 0 Å². The molecule has 0 amide bonds. The van der Waals surface area contributed by atoms with Gasteiger partial charge >= 0.3 is 0 Å². The Balaban J connectivity index is 3.46. The summed E-state index contributed by atoms with van der Waals surface area (Å²) in [5.41, 5.74) is 0. The van der Waals surface area contributed by atoms with Gasteiger partial charge < -0.3 is 10.3 Å². The minimum Gasteiger partial charge on any atom is -0.634 e. The molecule has 0 heterocycles. The number of hydroxylamine groups is 2. The molecule has 2 nitrogen and oxygen atoms in total. The zero-order chi connectivity index (χ0) is 18.6. The van der Waals surface area contributed by atoms with Gasteiger partial charge in [-0.1, -0.05) is 110 Å². The minimum absolute atomic E-state index is 0.352. The third kappa shape index (κ3) is 18.5. The lowest BCUT2D eigenvalue weighted by molar-refractivity contribution is -0.855. The third-order valence-electron chi connectivity index (χ3n) is 5.64. The van der Waals surface area contributed by atoms with Gasteiger partial charge in [0.15, 0.2) is 0 Å². The Morgan fingerprint density at radius 1 is 0.520 bits per heavy atom. The van der Waals surface area contributed by atoms with Gasteiger partial charge in [-0.2, -0.15) is 0 Å². The molecule has 1 N–H and O–H groups in total. The minimum atomic E-state index is 0.352. The summed E-state index contributed by atoms with van der Waals surface area (Å²) < 4.78 is 0. The maximum atomic E-state index is 11.8. The molecule has 2 atom stereocenters. The Kier molecular flexibility index (Phi) is 20.2. The summed E-state index contributed by atoms with van der Waals surface area (Å²) in [7, 11) is 1.81. The van der Waals surface area contributed by atoms with Crippen LogP contribution in [0.5, 0.6) is 0 Å². The van der Waals surface area contributed by atoms with E-state index in [0.29, 0.717) is 11.1 Å². The number of hydrogen-bond donors (Lipinski definition) is 1. The maximum Gasteiger partial charge on any atom is 0.0869 e. The van der Waals surface area contributed by atoms with Gasteiger partial charge in [-0.25, -0.2) is 0 Å². The van der Waals surface area contributed by atoms with Crippen LogP contribution in [0.25, 0.3) is 0 Å². The molecule has 0 rings (SSSR count). The Bertz CT molecular complexity index is 242. The van der Waals surface area contributed by atoms with Crippen molar-refractivity contribution in [1.29, 1.82) is 0 Å². The number of nitrogens with one attached hydrogen (secondary N) is 1. The number of quaternary nitrogens is 1. The number of unbranched alkanes of at least 4 members (excludes halogenated alkanes) is 15. The average Bonchev–Trinajstić information content (AvgIpc) is 2.60. The van der Waals surface area contributed by atoms with Crippen LogP contribution in [0.2, 0.25) is 0 Å². The van der Waals surface area contributed by atoms with Crippen molar-refractivity contribution >= 4 is 0 Å². The first kappa shape index (κ1) is 24.9. The highest BCUT2D eigenvalue weighted by Gasteiger charge is 2.11. The van der Waals surface area contributed by atoms with Crippen LogP contribution in [0.15, 0.2) is 0 Å². The summed E-state index contributed by atoms with van der Waals surface area (Å²) in [4.78, 5) is 0. The molecular weight excluding hydrogens is 306 g/mol. The fourth-order valence-corrected chi connectivity index (χ4v) is 3.78. The van der Waals surface area contributed by atoms with E-state index in [-0.39, 0.29) is 0 Å². The summed E-state index contributed by atoms with van der Waals surface area (Å²) in [6.07, 6.45) is 25.5. The van der Waals surface area contributed by atoms with E-state index in [1.165, 1.54) is 109 Å². The average molecular weight is 356 g/mol. The van der Waals surface area contributed by atoms with E-state index in [9.17, 15) is 5.21 Å². The molecule has 0 spiro atoms. The van der Waals surface area contributed by atoms with Crippen LogP contribution in [-0.2, 0) is 0 Å². The van der Waals surface area contributed by atoms with Gasteiger partial charge in [-0.05, 0) is 25.7 Å². The molecule has 0 aliphatic heterocycles. The SMILES string of the molecule is CCCCCCCCCCCC(CCCCCCCCCC)[NH+](C)[O-]. The van der Waals surface area contributed by atoms with Crippen LogP contribution in [-0.4, -0.2) is 13.1 Å². The van der Waals surface area contributed by atoms with Crippen LogP contribution in [0, 0.1) is 5.21 Å². The fourth-order valence-electron chi connectivity index (χ4n) is 3.78. The van der Waals surface area contributed by atoms with Crippen LogP contribution < -0.4 is 5.06 Å². The van der Waals surface area contributed by atoms with E-state index in [1.807, 2.05) is 7.05 Å². The van der Waals surface area contributed by atoms with Crippen molar-refractivity contribution in [3.8, 4) is 0 Å². The van der Waals surface area contributed by atoms with Gasteiger partial charge in [0.2, 0.25) is 0 Å². The Hall–Kier alpha value is -0.0800. The van der Waals surface area contributed by atoms with E-state index in [2.05, 4.69) is 13.8 Å². The second-order valence-electron chi connectivity index (χ2n) is 8.19. The molecule has 0 aromatic carbocycles. The van der Waals surface area contributed by atoms with Crippen LogP contribution in [0.1, 0.15) is 136 Å². The van der Waals surface area contributed by atoms with Gasteiger partial charge in [0, 0.05) is 0 Å². The van der Waals surface area contributed by atoms with Crippen LogP contribution in [0.4, 0.5) is 0 Å². The highest BCUT2D eigenvalue weighted by Crippen LogP contribution is 2.14. The highest BCUT2D eigenvalue weighted by molar-refractivity contribution is 4.59. The molecule has 0 aliphatic rings. The summed E-state index contributed by atoms with van der Waals surface area (Å²) in [6, 6.07) is 0.352. The molecule has 0 aliphatic carbocycles. The Morgan fingerprint density at radius 3 is 1.08 bits per heavy atom. The van der Waals surface area contributed by atoms with E-state index >= 15 is 0 Å². The molecule has 2 heteroatoms. The quantitative estimate of drug-likeness (QED) is 0.188. The first-order valence-electron chi connectivity index (χ1n) is 11.7. The van der Waals surface area contributed by atoms with Crippen LogP contribution >= 0.6 is 0 Å². The van der Waals surface area contributed by atoms with Gasteiger partial charge in [-0.3, -0.25) is 0 Å². The molecule has 25 heavy (non-hydrogen) atoms. The summed E-state index contributed by atoms with van der Waals surface area (Å²) in [5.74, 6) is 0. The van der Waals surface area contributed by atoms with Gasteiger partial charge in [0.1, 0.15) is 0 Å². The molecule has 0 fully saturated rings. The second kappa shape index (κ2) is 20.2. The zero-order valence-electron chi connectivity index (χ0n) is 17.9. The Morgan fingerprint density at radius 2 is 0.800 bits per heavy atom. The molecule has 0 aromatic heterocycles. The van der Waals surface area contributed by atoms with E-state index in [4.69, 9.17) is 0 Å². The Labute approximate surface area is 159 Å². The van der Waals surface area contributed by atoms with E-state index in [0.717, 1.165) is 12.8 Å². The summed E-state index contributed by atoms with van der Waals surface area (Å²) >= 11 is 0. The van der Waals surface area contributed by atoms with Crippen molar-refractivity contribution < 1.29 is 5.06 Å². The molecular formula is C23H49NO. The first-order chi connectivity index (χ1) is 12.2. The number of rotatable bonds is 20. The predicted molar refractivity (Wildman–Crippen MR) is 113 cm³/mol. The molecule has 0 saturated carbocycles. The van der Waals surface area contributed by atoms with Gasteiger partial charge in [0.05, 0.1) is 13.1 Å². The van der Waals surface area contributed by atoms with Gasteiger partial charge in [-0.15, -0.1) is 0 Å². The monoisotopic (exact) mass is 355 g/mol. The van der Waals surface area contributed by atoms with Crippen molar-refractivity contribution in [3.05, 3.63) is 5.21 Å². The topological polar surface area (TPSA) is 27.5 Å². The van der Waals surface area contributed by atoms with Crippen molar-refractivity contribution in [2.24, 2.45) is 0 Å². The predicted octanol–water partition coefficient (Wildman–Crippen LogP) is 6.82. The molecule has 2 unspecified atom stereocenters. The van der Waals surface area contributed by atoms with Crippen molar-refractivity contribution in [2.45, 2.75) is 142 Å². The lowest BCUT2D eigenvalue weighted by Crippen LogP contribution is -3.08. The van der Waals surface area contributed by atoms with Crippen molar-refractivity contribution in [2.75, 3.05) is 7.05 Å². The summed E-state index contributed by atoms with van der Waals surface area (Å²) in [5, 5.41) is 12.3. The molecule has 0 aromatic rings. The third-order valence-corrected chi connectivity index (χ3v) is 5.64. The maximum absolute atomic E-state index is 11.8. The van der Waals surface area contributed by atoms with E-state index in [1.54, 1.807) is 0 Å². The lowest BCUT2D eigenvalue weighted by atomic mass is 9.99. The first-order valence-corrected chi connectivity index (χ1v) is 11.7.